The minimum atomic E-state index is -0.321. The van der Waals surface area contributed by atoms with Crippen LogP contribution in [0.4, 0.5) is 4.39 Å². The van der Waals surface area contributed by atoms with Gasteiger partial charge in [0.05, 0.1) is 0 Å². The molecule has 100 valence electrons. The predicted octanol–water partition coefficient (Wildman–Crippen LogP) is 2.70. The molecule has 0 aliphatic rings. The summed E-state index contributed by atoms with van der Waals surface area (Å²) in [5, 5.41) is 3.22. The van der Waals surface area contributed by atoms with Crippen molar-refractivity contribution in [3.8, 4) is 5.75 Å². The van der Waals surface area contributed by atoms with Crippen molar-refractivity contribution < 1.29 is 9.13 Å². The van der Waals surface area contributed by atoms with Crippen LogP contribution in [0.15, 0.2) is 42.7 Å². The van der Waals surface area contributed by atoms with Crippen LogP contribution >= 0.6 is 0 Å². The van der Waals surface area contributed by atoms with E-state index in [9.17, 15) is 4.39 Å². The zero-order valence-corrected chi connectivity index (χ0v) is 10.9. The fourth-order valence-electron chi connectivity index (χ4n) is 1.69. The summed E-state index contributed by atoms with van der Waals surface area (Å²) in [6, 6.07) is 8.75. The molecule has 0 radical (unpaired) electrons. The monoisotopic (exact) mass is 260 g/mol. The number of benzene rings is 1. The van der Waals surface area contributed by atoms with Crippen molar-refractivity contribution in [1.29, 1.82) is 0 Å². The van der Waals surface area contributed by atoms with E-state index >= 15 is 0 Å². The third-order valence-electron chi connectivity index (χ3n) is 2.68. The van der Waals surface area contributed by atoms with E-state index in [0.717, 1.165) is 17.7 Å². The van der Waals surface area contributed by atoms with Gasteiger partial charge in [-0.2, -0.15) is 0 Å². The Morgan fingerprint density at radius 2 is 2.21 bits per heavy atom. The molecular weight excluding hydrogens is 243 g/mol. The largest absolute Gasteiger partial charge is 0.489 e. The van der Waals surface area contributed by atoms with Crippen molar-refractivity contribution in [2.45, 2.75) is 13.5 Å². The molecule has 0 saturated carbocycles. The lowest BCUT2D eigenvalue weighted by Crippen LogP contribution is -2.20. The first kappa shape index (κ1) is 13.5. The van der Waals surface area contributed by atoms with E-state index in [1.807, 2.05) is 25.3 Å². The second-order valence-corrected chi connectivity index (χ2v) is 4.32. The molecule has 4 heteroatoms. The Balaban J connectivity index is 1.71. The summed E-state index contributed by atoms with van der Waals surface area (Å²) < 4.78 is 18.8. The highest BCUT2D eigenvalue weighted by Gasteiger charge is 2.02. The van der Waals surface area contributed by atoms with Crippen LogP contribution in [-0.2, 0) is 6.54 Å². The van der Waals surface area contributed by atoms with Gasteiger partial charge >= 0.3 is 0 Å². The second kappa shape index (κ2) is 6.85. The van der Waals surface area contributed by atoms with Gasteiger partial charge in [0.15, 0.2) is 11.6 Å². The van der Waals surface area contributed by atoms with Gasteiger partial charge < -0.3 is 10.1 Å². The lowest BCUT2D eigenvalue weighted by atomic mass is 10.2. The highest BCUT2D eigenvalue weighted by Crippen LogP contribution is 2.17. The van der Waals surface area contributed by atoms with Crippen molar-refractivity contribution in [2.24, 2.45) is 0 Å². The fraction of sp³-hybridized carbons (Fsp3) is 0.267. The Labute approximate surface area is 112 Å². The van der Waals surface area contributed by atoms with Crippen LogP contribution in [0.25, 0.3) is 0 Å². The van der Waals surface area contributed by atoms with Gasteiger partial charge in [-0.1, -0.05) is 12.1 Å². The molecule has 1 N–H and O–H groups in total. The highest BCUT2D eigenvalue weighted by molar-refractivity contribution is 5.29. The van der Waals surface area contributed by atoms with Gasteiger partial charge in [0.1, 0.15) is 6.61 Å². The number of ether oxygens (including phenoxy) is 1. The van der Waals surface area contributed by atoms with Crippen LogP contribution in [0.3, 0.4) is 0 Å². The maximum absolute atomic E-state index is 13.4. The van der Waals surface area contributed by atoms with Gasteiger partial charge in [0.25, 0.3) is 0 Å². The molecule has 1 aromatic heterocycles. The molecular formula is C15H17FN2O. The predicted molar refractivity (Wildman–Crippen MR) is 72.6 cm³/mol. The Kier molecular flexibility index (Phi) is 4.86. The van der Waals surface area contributed by atoms with Crippen LogP contribution in [0.1, 0.15) is 11.1 Å². The van der Waals surface area contributed by atoms with E-state index < -0.39 is 0 Å². The Hall–Kier alpha value is -1.94. The van der Waals surface area contributed by atoms with E-state index in [4.69, 9.17) is 4.74 Å². The molecule has 2 rings (SSSR count). The first-order chi connectivity index (χ1) is 9.25. The van der Waals surface area contributed by atoms with Gasteiger partial charge in [-0.15, -0.1) is 0 Å². The number of halogens is 1. The topological polar surface area (TPSA) is 34.1 Å². The van der Waals surface area contributed by atoms with Crippen molar-refractivity contribution >= 4 is 0 Å². The molecule has 0 spiro atoms. The van der Waals surface area contributed by atoms with Crippen LogP contribution in [0, 0.1) is 12.7 Å². The van der Waals surface area contributed by atoms with Crippen molar-refractivity contribution in [3.05, 3.63) is 59.7 Å². The number of pyridine rings is 1. The molecule has 0 aliphatic heterocycles. The highest BCUT2D eigenvalue weighted by atomic mass is 19.1. The second-order valence-electron chi connectivity index (χ2n) is 4.32. The molecule has 0 atom stereocenters. The molecule has 0 fully saturated rings. The molecule has 3 nitrogen and oxygen atoms in total. The fourth-order valence-corrected chi connectivity index (χ4v) is 1.69. The maximum atomic E-state index is 13.4. The normalized spacial score (nSPS) is 10.4. The number of rotatable bonds is 6. The van der Waals surface area contributed by atoms with Crippen molar-refractivity contribution in [3.63, 3.8) is 0 Å². The summed E-state index contributed by atoms with van der Waals surface area (Å²) >= 11 is 0. The molecule has 1 aromatic carbocycles. The summed E-state index contributed by atoms with van der Waals surface area (Å²) in [7, 11) is 0. The van der Waals surface area contributed by atoms with Crippen LogP contribution in [-0.4, -0.2) is 18.1 Å². The summed E-state index contributed by atoms with van der Waals surface area (Å²) in [6.45, 7) is 3.73. The van der Waals surface area contributed by atoms with Crippen molar-refractivity contribution in [2.75, 3.05) is 13.2 Å². The summed E-state index contributed by atoms with van der Waals surface area (Å²) in [5.41, 5.74) is 2.10. The number of hydrogen-bond donors (Lipinski definition) is 1. The molecule has 1 heterocycles. The van der Waals surface area contributed by atoms with Gasteiger partial charge in [0.2, 0.25) is 0 Å². The Bertz CT molecular complexity index is 517. The summed E-state index contributed by atoms with van der Waals surface area (Å²) in [4.78, 5) is 4.03. The third kappa shape index (κ3) is 4.34. The lowest BCUT2D eigenvalue weighted by molar-refractivity contribution is 0.298. The van der Waals surface area contributed by atoms with E-state index in [1.165, 1.54) is 6.07 Å². The average Bonchev–Trinajstić information content (AvgIpc) is 2.43. The van der Waals surface area contributed by atoms with E-state index in [-0.39, 0.29) is 5.82 Å². The van der Waals surface area contributed by atoms with Crippen LogP contribution in [0.2, 0.25) is 0 Å². The standard InChI is InChI=1S/C15H17FN2O/c1-12-4-5-14(16)15(9-12)19-8-7-18-11-13-3-2-6-17-10-13/h2-6,9-10,18H,7-8,11H2,1H3. The molecule has 0 saturated heterocycles. The third-order valence-corrected chi connectivity index (χ3v) is 2.68. The van der Waals surface area contributed by atoms with Gasteiger partial charge in [-0.05, 0) is 36.2 Å². The quantitative estimate of drug-likeness (QED) is 0.811. The average molecular weight is 260 g/mol. The van der Waals surface area contributed by atoms with E-state index in [0.29, 0.717) is 18.9 Å². The molecule has 2 aromatic rings. The number of aryl methyl sites for hydroxylation is 1. The zero-order chi connectivity index (χ0) is 13.5. The van der Waals surface area contributed by atoms with Gasteiger partial charge in [-0.25, -0.2) is 4.39 Å². The molecule has 0 unspecified atom stereocenters. The minimum Gasteiger partial charge on any atom is -0.489 e. The van der Waals surface area contributed by atoms with Crippen LogP contribution in [0.5, 0.6) is 5.75 Å². The molecule has 19 heavy (non-hydrogen) atoms. The smallest absolute Gasteiger partial charge is 0.165 e. The Morgan fingerprint density at radius 1 is 1.32 bits per heavy atom. The van der Waals surface area contributed by atoms with E-state index in [2.05, 4.69) is 10.3 Å². The number of nitrogens with zero attached hydrogens (tertiary/aromatic N) is 1. The minimum absolute atomic E-state index is 0.308. The van der Waals surface area contributed by atoms with Gasteiger partial charge in [0, 0.05) is 25.5 Å². The SMILES string of the molecule is Cc1ccc(F)c(OCCNCc2cccnc2)c1. The summed E-state index contributed by atoms with van der Waals surface area (Å²) in [5.74, 6) is -0.0129. The van der Waals surface area contributed by atoms with Gasteiger partial charge in [-0.3, -0.25) is 4.98 Å². The first-order valence-electron chi connectivity index (χ1n) is 6.24. The lowest BCUT2D eigenvalue weighted by Gasteiger charge is -2.09. The Morgan fingerprint density at radius 3 is 3.00 bits per heavy atom. The molecule has 0 bridgehead atoms. The number of nitrogens with one attached hydrogen (secondary N) is 1. The summed E-state index contributed by atoms with van der Waals surface area (Å²) in [6.07, 6.45) is 3.56. The van der Waals surface area contributed by atoms with Crippen LogP contribution < -0.4 is 10.1 Å². The first-order valence-corrected chi connectivity index (χ1v) is 6.24. The van der Waals surface area contributed by atoms with E-state index in [1.54, 1.807) is 18.3 Å². The van der Waals surface area contributed by atoms with Crippen molar-refractivity contribution in [1.82, 2.24) is 10.3 Å². The maximum Gasteiger partial charge on any atom is 0.165 e. The zero-order valence-electron chi connectivity index (χ0n) is 10.9. The molecule has 0 aliphatic carbocycles. The molecule has 0 amide bonds. The number of hydrogen-bond acceptors (Lipinski definition) is 3. The number of aromatic nitrogens is 1.